The number of nitro groups is 1. The second kappa shape index (κ2) is 9.69. The Kier molecular flexibility index (Phi) is 7.04. The number of nitro benzene ring substituents is 1. The molecule has 1 fully saturated rings. The maximum absolute atomic E-state index is 12.7. The third-order valence-electron chi connectivity index (χ3n) is 5.98. The molecule has 2 aliphatic heterocycles. The Morgan fingerprint density at radius 1 is 1.12 bits per heavy atom. The molecule has 180 valence electrons. The zero-order valence-electron chi connectivity index (χ0n) is 17.6. The third-order valence-corrected chi connectivity index (χ3v) is 7.01. The summed E-state index contributed by atoms with van der Waals surface area (Å²) in [5, 5.41) is 16.7. The van der Waals surface area contributed by atoms with Crippen molar-refractivity contribution in [1.29, 1.82) is 0 Å². The minimum Gasteiger partial charge on any atom is -0.348 e. The van der Waals surface area contributed by atoms with Crippen molar-refractivity contribution in [3.05, 3.63) is 74.2 Å². The second-order valence-electron chi connectivity index (χ2n) is 8.30. The fourth-order valence-electron chi connectivity index (χ4n) is 4.43. The van der Waals surface area contributed by atoms with E-state index < -0.39 is 20.8 Å². The molecule has 0 aliphatic carbocycles. The molecule has 2 aromatic rings. The predicted octanol–water partition coefficient (Wildman–Crippen LogP) is 3.18. The van der Waals surface area contributed by atoms with Gasteiger partial charge in [0.05, 0.1) is 4.92 Å². The van der Waals surface area contributed by atoms with E-state index in [1.54, 1.807) is 12.1 Å². The van der Waals surface area contributed by atoms with Crippen molar-refractivity contribution in [2.75, 3.05) is 13.1 Å². The lowest BCUT2D eigenvalue weighted by Crippen LogP contribution is -2.60. The Hall–Kier alpha value is -2.40. The molecule has 13 heteroatoms. The number of aromatic nitrogens is 1. The van der Waals surface area contributed by atoms with Gasteiger partial charge in [-0.15, -0.1) is 0 Å². The lowest BCUT2D eigenvalue weighted by atomic mass is 9.83. The number of benzene rings is 1. The average molecular weight is 545 g/mol. The van der Waals surface area contributed by atoms with E-state index in [0.29, 0.717) is 24.7 Å². The van der Waals surface area contributed by atoms with Gasteiger partial charge in [-0.1, -0.05) is 40.9 Å². The summed E-state index contributed by atoms with van der Waals surface area (Å²) in [6.07, 6.45) is -0.211. The van der Waals surface area contributed by atoms with Crippen LogP contribution < -0.4 is 16.2 Å². The van der Waals surface area contributed by atoms with Gasteiger partial charge in [0.1, 0.15) is 6.17 Å². The van der Waals surface area contributed by atoms with E-state index in [4.69, 9.17) is 47.0 Å². The molecule has 1 aromatic heterocycles. The van der Waals surface area contributed by atoms with Crippen molar-refractivity contribution in [1.82, 2.24) is 20.1 Å². The van der Waals surface area contributed by atoms with Crippen LogP contribution in [0.15, 0.2) is 47.3 Å². The first-order valence-electron chi connectivity index (χ1n) is 10.4. The minimum atomic E-state index is -1.94. The first-order valence-corrected chi connectivity index (χ1v) is 11.9. The van der Waals surface area contributed by atoms with Crippen molar-refractivity contribution >= 4 is 63.7 Å². The molecule has 9 nitrogen and oxygen atoms in total. The number of likely N-dealkylation sites (tertiary alicyclic amines) is 1. The van der Waals surface area contributed by atoms with Crippen LogP contribution in [-0.2, 0) is 6.54 Å². The maximum atomic E-state index is 12.7. The topological polar surface area (TPSA) is 110 Å². The number of carbonyl (C=O) groups is 1. The number of fused-ring (bicyclic) bond motifs is 4. The summed E-state index contributed by atoms with van der Waals surface area (Å²) < 4.78 is -0.118. The van der Waals surface area contributed by atoms with Gasteiger partial charge in [0.15, 0.2) is 5.11 Å². The van der Waals surface area contributed by atoms with Crippen LogP contribution in [0, 0.1) is 16.0 Å². The number of thiocarbonyl (C=S) groups is 1. The molecule has 1 amide bonds. The minimum absolute atomic E-state index is 0.00780. The number of alkyl halides is 3. The molecule has 0 unspecified atom stereocenters. The van der Waals surface area contributed by atoms with E-state index in [1.807, 2.05) is 15.5 Å². The quantitative estimate of drug-likeness (QED) is 0.200. The molecule has 34 heavy (non-hydrogen) atoms. The normalized spacial score (nSPS) is 20.1. The number of piperidine rings is 1. The summed E-state index contributed by atoms with van der Waals surface area (Å²) in [6, 6.07) is 10.3. The lowest BCUT2D eigenvalue weighted by molar-refractivity contribution is -0.384. The van der Waals surface area contributed by atoms with E-state index >= 15 is 0 Å². The highest BCUT2D eigenvalue weighted by Crippen LogP contribution is 2.35. The first-order chi connectivity index (χ1) is 16.0. The summed E-state index contributed by atoms with van der Waals surface area (Å²) >= 11 is 23.9. The Balaban J connectivity index is 1.46. The van der Waals surface area contributed by atoms with Gasteiger partial charge in [0.25, 0.3) is 17.2 Å². The number of hydrogen-bond acceptors (Lipinski definition) is 5. The van der Waals surface area contributed by atoms with E-state index in [2.05, 4.69) is 10.6 Å². The van der Waals surface area contributed by atoms with Gasteiger partial charge in [-0.25, -0.2) is 0 Å². The maximum Gasteiger partial charge on any atom is 0.269 e. The number of non-ortho nitro benzene ring substituents is 1. The first kappa shape index (κ1) is 24.7. The highest BCUT2D eigenvalue weighted by Gasteiger charge is 2.39. The molecule has 3 heterocycles. The molecule has 2 aliphatic rings. The number of hydrogen-bond donors (Lipinski definition) is 2. The Labute approximate surface area is 215 Å². The summed E-state index contributed by atoms with van der Waals surface area (Å²) in [5.74, 6) is -0.237. The van der Waals surface area contributed by atoms with Crippen LogP contribution in [0.2, 0.25) is 0 Å². The van der Waals surface area contributed by atoms with Crippen LogP contribution in [0.25, 0.3) is 0 Å². The number of nitrogens with zero attached hydrogens (tertiary/aromatic N) is 3. The Bertz CT molecular complexity index is 1180. The lowest BCUT2D eigenvalue weighted by Gasteiger charge is -2.44. The van der Waals surface area contributed by atoms with Crippen LogP contribution >= 0.6 is 47.0 Å². The van der Waals surface area contributed by atoms with E-state index in [1.165, 1.54) is 24.3 Å². The second-order valence-corrected chi connectivity index (χ2v) is 11.1. The highest BCUT2D eigenvalue weighted by molar-refractivity contribution is 7.80. The zero-order chi connectivity index (χ0) is 24.6. The largest absolute Gasteiger partial charge is 0.348 e. The van der Waals surface area contributed by atoms with Crippen molar-refractivity contribution in [2.45, 2.75) is 28.8 Å². The molecule has 1 saturated heterocycles. The van der Waals surface area contributed by atoms with Gasteiger partial charge >= 0.3 is 0 Å². The number of rotatable bonds is 4. The van der Waals surface area contributed by atoms with Crippen molar-refractivity contribution in [3.8, 4) is 0 Å². The molecule has 4 rings (SSSR count). The van der Waals surface area contributed by atoms with Gasteiger partial charge in [-0.3, -0.25) is 19.7 Å². The van der Waals surface area contributed by atoms with Gasteiger partial charge in [0.2, 0.25) is 3.79 Å². The van der Waals surface area contributed by atoms with E-state index in [9.17, 15) is 19.7 Å². The molecule has 2 bridgehead atoms. The van der Waals surface area contributed by atoms with Gasteiger partial charge in [0, 0.05) is 55.0 Å². The molecule has 0 radical (unpaired) electrons. The summed E-state index contributed by atoms with van der Waals surface area (Å²) in [5.41, 5.74) is 0.979. The van der Waals surface area contributed by atoms with E-state index in [0.717, 1.165) is 12.1 Å². The molecule has 1 aromatic carbocycles. The fraction of sp³-hybridized carbons (Fsp3) is 0.381. The molecular weight excluding hydrogens is 525 g/mol. The average Bonchev–Trinajstić information content (AvgIpc) is 2.78. The standard InChI is InChI=1S/C21H20Cl3N5O4S/c22-21(23,24)19(25-18(31)13-4-6-15(7-5-13)29(32)33)26-20(34)27-9-12-8-14(11-27)16-2-1-3-17(30)28(16)10-12/h1-7,12,14,19H,8-11H2,(H,25,31)(H,26,34)/t12-,14+,19+/m0/s1. The number of pyridine rings is 1. The summed E-state index contributed by atoms with van der Waals surface area (Å²) in [6.45, 7) is 1.80. The summed E-state index contributed by atoms with van der Waals surface area (Å²) in [7, 11) is 0. The Morgan fingerprint density at radius 2 is 1.82 bits per heavy atom. The van der Waals surface area contributed by atoms with Gasteiger partial charge < -0.3 is 20.1 Å². The molecule has 2 N–H and O–H groups in total. The number of halogens is 3. The SMILES string of the molecule is O=C(N[C@H](NC(=S)N1C[C@@H]2C[C@H](C1)c1cccc(=O)n1C2)C(Cl)(Cl)Cl)c1ccc([N+](=O)[O-])cc1. The van der Waals surface area contributed by atoms with Crippen LogP contribution in [0.3, 0.4) is 0 Å². The smallest absolute Gasteiger partial charge is 0.269 e. The van der Waals surface area contributed by atoms with Crippen molar-refractivity contribution in [3.63, 3.8) is 0 Å². The van der Waals surface area contributed by atoms with Crippen LogP contribution in [-0.4, -0.2) is 48.5 Å². The fourth-order valence-corrected chi connectivity index (χ4v) is 5.02. The predicted molar refractivity (Wildman–Crippen MR) is 133 cm³/mol. The van der Waals surface area contributed by atoms with Gasteiger partial charge in [-0.2, -0.15) is 0 Å². The Morgan fingerprint density at radius 3 is 2.47 bits per heavy atom. The summed E-state index contributed by atoms with van der Waals surface area (Å²) in [4.78, 5) is 37.1. The van der Waals surface area contributed by atoms with Gasteiger partial charge in [-0.05, 0) is 42.8 Å². The molecule has 3 atom stereocenters. The molecule has 0 saturated carbocycles. The van der Waals surface area contributed by atoms with Crippen LogP contribution in [0.1, 0.15) is 28.4 Å². The highest BCUT2D eigenvalue weighted by atomic mass is 35.6. The van der Waals surface area contributed by atoms with Crippen LogP contribution in [0.5, 0.6) is 0 Å². The van der Waals surface area contributed by atoms with Crippen molar-refractivity contribution < 1.29 is 9.72 Å². The number of carbonyl (C=O) groups excluding carboxylic acids is 1. The third kappa shape index (κ3) is 5.30. The zero-order valence-corrected chi connectivity index (χ0v) is 20.7. The number of amides is 1. The van der Waals surface area contributed by atoms with Crippen molar-refractivity contribution in [2.24, 2.45) is 5.92 Å². The van der Waals surface area contributed by atoms with Crippen LogP contribution in [0.4, 0.5) is 5.69 Å². The molecule has 0 spiro atoms. The monoisotopic (exact) mass is 543 g/mol. The molecular formula is C21H20Cl3N5O4S. The number of nitrogens with one attached hydrogen (secondary N) is 2. The van der Waals surface area contributed by atoms with E-state index in [-0.39, 0.29) is 28.6 Å².